The van der Waals surface area contributed by atoms with Crippen LogP contribution in [0.4, 0.5) is 5.69 Å². The minimum absolute atomic E-state index is 0.251. The SMILES string of the molecule is CCOc1ccc(C(C)Nc2ccc3c(c2)CCO3)cc1. The molecule has 0 saturated carbocycles. The third-order valence-corrected chi connectivity index (χ3v) is 3.76. The molecule has 3 nitrogen and oxygen atoms in total. The molecule has 0 bridgehead atoms. The Morgan fingerprint density at radius 2 is 2.00 bits per heavy atom. The number of benzene rings is 2. The van der Waals surface area contributed by atoms with Crippen molar-refractivity contribution in [2.45, 2.75) is 26.3 Å². The average Bonchev–Trinajstić information content (AvgIpc) is 2.96. The van der Waals surface area contributed by atoms with E-state index in [1.54, 1.807) is 0 Å². The molecule has 0 amide bonds. The summed E-state index contributed by atoms with van der Waals surface area (Å²) in [6.45, 7) is 5.66. The largest absolute Gasteiger partial charge is 0.494 e. The summed E-state index contributed by atoms with van der Waals surface area (Å²) < 4.78 is 11.0. The highest BCUT2D eigenvalue weighted by Gasteiger charge is 2.13. The summed E-state index contributed by atoms with van der Waals surface area (Å²) in [5, 5.41) is 3.54. The third-order valence-electron chi connectivity index (χ3n) is 3.76. The van der Waals surface area contributed by atoms with Crippen LogP contribution in [0.15, 0.2) is 42.5 Å². The predicted molar refractivity (Wildman–Crippen MR) is 85.3 cm³/mol. The molecule has 2 aromatic carbocycles. The van der Waals surface area contributed by atoms with E-state index in [0.717, 1.165) is 30.2 Å². The van der Waals surface area contributed by atoms with Gasteiger partial charge in [-0.2, -0.15) is 0 Å². The van der Waals surface area contributed by atoms with E-state index in [-0.39, 0.29) is 6.04 Å². The molecule has 0 aliphatic carbocycles. The fraction of sp³-hybridized carbons (Fsp3) is 0.333. The molecule has 3 rings (SSSR count). The van der Waals surface area contributed by atoms with E-state index in [4.69, 9.17) is 9.47 Å². The van der Waals surface area contributed by atoms with Crippen molar-refractivity contribution in [1.82, 2.24) is 0 Å². The van der Waals surface area contributed by atoms with Gasteiger partial charge in [-0.3, -0.25) is 0 Å². The summed E-state index contributed by atoms with van der Waals surface area (Å²) >= 11 is 0. The average molecular weight is 283 g/mol. The first-order chi connectivity index (χ1) is 10.3. The Balaban J connectivity index is 1.69. The molecule has 1 N–H and O–H groups in total. The zero-order valence-corrected chi connectivity index (χ0v) is 12.6. The topological polar surface area (TPSA) is 30.5 Å². The van der Waals surface area contributed by atoms with E-state index in [1.807, 2.05) is 19.1 Å². The normalized spacial score (nSPS) is 14.2. The Hall–Kier alpha value is -2.16. The van der Waals surface area contributed by atoms with Gasteiger partial charge in [0.25, 0.3) is 0 Å². The summed E-state index contributed by atoms with van der Waals surface area (Å²) in [7, 11) is 0. The summed E-state index contributed by atoms with van der Waals surface area (Å²) in [6.07, 6.45) is 1.00. The molecule has 0 radical (unpaired) electrons. The van der Waals surface area contributed by atoms with Gasteiger partial charge in [-0.25, -0.2) is 0 Å². The van der Waals surface area contributed by atoms with Crippen LogP contribution in [0.25, 0.3) is 0 Å². The molecule has 0 fully saturated rings. The summed E-state index contributed by atoms with van der Waals surface area (Å²) in [5.74, 6) is 1.94. The van der Waals surface area contributed by atoms with Crippen LogP contribution in [-0.4, -0.2) is 13.2 Å². The lowest BCUT2D eigenvalue weighted by Crippen LogP contribution is -2.06. The first-order valence-corrected chi connectivity index (χ1v) is 7.51. The van der Waals surface area contributed by atoms with Crippen molar-refractivity contribution in [1.29, 1.82) is 0 Å². The minimum atomic E-state index is 0.251. The van der Waals surface area contributed by atoms with Gasteiger partial charge in [0, 0.05) is 18.2 Å². The predicted octanol–water partition coefficient (Wildman–Crippen LogP) is 4.19. The van der Waals surface area contributed by atoms with Gasteiger partial charge in [0.2, 0.25) is 0 Å². The van der Waals surface area contributed by atoms with Crippen molar-refractivity contribution < 1.29 is 9.47 Å². The van der Waals surface area contributed by atoms with Crippen LogP contribution in [0.2, 0.25) is 0 Å². The summed E-state index contributed by atoms with van der Waals surface area (Å²) in [6, 6.07) is 14.8. The standard InChI is InChI=1S/C18H21NO2/c1-3-20-17-7-4-14(5-8-17)13(2)19-16-6-9-18-15(12-16)10-11-21-18/h4-9,12-13,19H,3,10-11H2,1-2H3. The van der Waals surface area contributed by atoms with Crippen LogP contribution in [0, 0.1) is 0 Å². The molecule has 1 aliphatic heterocycles. The number of anilines is 1. The van der Waals surface area contributed by atoms with Crippen LogP contribution in [0.3, 0.4) is 0 Å². The Morgan fingerprint density at radius 3 is 2.76 bits per heavy atom. The number of hydrogen-bond donors (Lipinski definition) is 1. The van der Waals surface area contributed by atoms with E-state index in [2.05, 4.69) is 42.6 Å². The van der Waals surface area contributed by atoms with Crippen molar-refractivity contribution in [3.05, 3.63) is 53.6 Å². The molecule has 1 unspecified atom stereocenters. The number of fused-ring (bicyclic) bond motifs is 1. The molecular weight excluding hydrogens is 262 g/mol. The van der Waals surface area contributed by atoms with Crippen LogP contribution < -0.4 is 14.8 Å². The van der Waals surface area contributed by atoms with E-state index in [0.29, 0.717) is 6.61 Å². The molecule has 3 heteroatoms. The third kappa shape index (κ3) is 3.13. The van der Waals surface area contributed by atoms with Gasteiger partial charge in [0.15, 0.2) is 0 Å². The summed E-state index contributed by atoms with van der Waals surface area (Å²) in [4.78, 5) is 0. The van der Waals surface area contributed by atoms with Crippen molar-refractivity contribution in [3.63, 3.8) is 0 Å². The van der Waals surface area contributed by atoms with E-state index < -0.39 is 0 Å². The highest BCUT2D eigenvalue weighted by atomic mass is 16.5. The van der Waals surface area contributed by atoms with Gasteiger partial charge in [-0.05, 0) is 55.3 Å². The first kappa shape index (κ1) is 13.8. The molecular formula is C18H21NO2. The van der Waals surface area contributed by atoms with Crippen LogP contribution >= 0.6 is 0 Å². The molecule has 0 aromatic heterocycles. The molecule has 2 aromatic rings. The number of nitrogens with one attached hydrogen (secondary N) is 1. The van der Waals surface area contributed by atoms with Gasteiger partial charge in [0.1, 0.15) is 11.5 Å². The maximum Gasteiger partial charge on any atom is 0.122 e. The lowest BCUT2D eigenvalue weighted by atomic mass is 10.1. The molecule has 0 spiro atoms. The highest BCUT2D eigenvalue weighted by Crippen LogP contribution is 2.29. The second kappa shape index (κ2) is 6.08. The highest BCUT2D eigenvalue weighted by molar-refractivity contribution is 5.53. The monoisotopic (exact) mass is 283 g/mol. The molecule has 110 valence electrons. The fourth-order valence-electron chi connectivity index (χ4n) is 2.63. The van der Waals surface area contributed by atoms with Crippen LogP contribution in [-0.2, 0) is 6.42 Å². The van der Waals surface area contributed by atoms with Gasteiger partial charge < -0.3 is 14.8 Å². The zero-order chi connectivity index (χ0) is 14.7. The second-order valence-corrected chi connectivity index (χ2v) is 5.29. The van der Waals surface area contributed by atoms with Gasteiger partial charge in [-0.15, -0.1) is 0 Å². The molecule has 1 atom stereocenters. The first-order valence-electron chi connectivity index (χ1n) is 7.51. The molecule has 1 heterocycles. The zero-order valence-electron chi connectivity index (χ0n) is 12.6. The van der Waals surface area contributed by atoms with Crippen molar-refractivity contribution in [2.75, 3.05) is 18.5 Å². The Labute approximate surface area is 125 Å². The van der Waals surface area contributed by atoms with Crippen LogP contribution in [0.5, 0.6) is 11.5 Å². The van der Waals surface area contributed by atoms with Crippen molar-refractivity contribution >= 4 is 5.69 Å². The van der Waals surface area contributed by atoms with E-state index in [1.165, 1.54) is 11.1 Å². The van der Waals surface area contributed by atoms with Gasteiger partial charge in [0.05, 0.1) is 13.2 Å². The Kier molecular flexibility index (Phi) is 4.00. The quantitative estimate of drug-likeness (QED) is 0.892. The molecule has 0 saturated heterocycles. The van der Waals surface area contributed by atoms with Crippen molar-refractivity contribution in [3.8, 4) is 11.5 Å². The number of hydrogen-bond acceptors (Lipinski definition) is 3. The Bertz CT molecular complexity index is 607. The van der Waals surface area contributed by atoms with Gasteiger partial charge >= 0.3 is 0 Å². The maximum atomic E-state index is 5.54. The minimum Gasteiger partial charge on any atom is -0.494 e. The maximum absolute atomic E-state index is 5.54. The lowest BCUT2D eigenvalue weighted by Gasteiger charge is -2.17. The summed E-state index contributed by atoms with van der Waals surface area (Å²) in [5.41, 5.74) is 3.68. The lowest BCUT2D eigenvalue weighted by molar-refractivity contribution is 0.340. The Morgan fingerprint density at radius 1 is 1.19 bits per heavy atom. The van der Waals surface area contributed by atoms with Crippen LogP contribution in [0.1, 0.15) is 31.0 Å². The smallest absolute Gasteiger partial charge is 0.122 e. The second-order valence-electron chi connectivity index (χ2n) is 5.29. The van der Waals surface area contributed by atoms with Gasteiger partial charge in [-0.1, -0.05) is 12.1 Å². The molecule has 1 aliphatic rings. The van der Waals surface area contributed by atoms with E-state index in [9.17, 15) is 0 Å². The fourth-order valence-corrected chi connectivity index (χ4v) is 2.63. The number of rotatable bonds is 5. The number of ether oxygens (including phenoxy) is 2. The van der Waals surface area contributed by atoms with Crippen molar-refractivity contribution in [2.24, 2.45) is 0 Å². The molecule has 21 heavy (non-hydrogen) atoms. The van der Waals surface area contributed by atoms with E-state index >= 15 is 0 Å².